The third kappa shape index (κ3) is 4.75. The molecule has 0 spiro atoms. The fourth-order valence-corrected chi connectivity index (χ4v) is 4.82. The van der Waals surface area contributed by atoms with Crippen LogP contribution in [0, 0.1) is 11.7 Å². The molecule has 2 aromatic carbocycles. The summed E-state index contributed by atoms with van der Waals surface area (Å²) in [6.07, 6.45) is 0.948. The summed E-state index contributed by atoms with van der Waals surface area (Å²) in [4.78, 5) is 36.1. The summed E-state index contributed by atoms with van der Waals surface area (Å²) in [7, 11) is 3.97. The number of halogens is 1. The third-order valence-corrected chi connectivity index (χ3v) is 6.41. The van der Waals surface area contributed by atoms with Gasteiger partial charge in [0.05, 0.1) is 16.1 Å². The second-order valence-corrected chi connectivity index (χ2v) is 9.01. The van der Waals surface area contributed by atoms with Gasteiger partial charge in [0.1, 0.15) is 5.82 Å². The number of benzene rings is 2. The molecule has 162 valence electrons. The summed E-state index contributed by atoms with van der Waals surface area (Å²) in [6, 6.07) is 13.9. The summed E-state index contributed by atoms with van der Waals surface area (Å²) < 4.78 is 14.3. The molecule has 1 aliphatic heterocycles. The molecule has 0 bridgehead atoms. The number of hydrogen-bond donors (Lipinski definition) is 0. The Hall–Kier alpha value is -2.84. The first-order valence-electron chi connectivity index (χ1n) is 10.3. The largest absolute Gasteiger partial charge is 0.312 e. The monoisotopic (exact) mass is 440 g/mol. The van der Waals surface area contributed by atoms with Crippen LogP contribution in [-0.2, 0) is 9.59 Å². The van der Waals surface area contributed by atoms with E-state index in [2.05, 4.69) is 9.88 Å². The molecule has 31 heavy (non-hydrogen) atoms. The minimum Gasteiger partial charge on any atom is -0.312 e. The van der Waals surface area contributed by atoms with Crippen LogP contribution in [0.5, 0.6) is 0 Å². The van der Waals surface area contributed by atoms with Crippen molar-refractivity contribution in [2.45, 2.75) is 12.8 Å². The summed E-state index contributed by atoms with van der Waals surface area (Å²) in [5, 5.41) is 0.551. The topological polar surface area (TPSA) is 56.8 Å². The smallest absolute Gasteiger partial charge is 0.234 e. The van der Waals surface area contributed by atoms with Crippen molar-refractivity contribution in [3.8, 4) is 0 Å². The van der Waals surface area contributed by atoms with Gasteiger partial charge in [-0.2, -0.15) is 0 Å². The molecule has 1 fully saturated rings. The second kappa shape index (κ2) is 9.11. The Morgan fingerprint density at radius 3 is 2.71 bits per heavy atom. The Bertz CT molecular complexity index is 1090. The number of hydrogen-bond acceptors (Lipinski definition) is 5. The molecule has 1 aromatic heterocycles. The lowest BCUT2D eigenvalue weighted by atomic mass is 10.1. The van der Waals surface area contributed by atoms with Crippen LogP contribution < -0.4 is 9.80 Å². The van der Waals surface area contributed by atoms with E-state index in [-0.39, 0.29) is 24.1 Å². The number of anilines is 2. The minimum absolute atomic E-state index is 0.0517. The van der Waals surface area contributed by atoms with Crippen LogP contribution in [-0.4, -0.2) is 55.4 Å². The zero-order chi connectivity index (χ0) is 22.0. The van der Waals surface area contributed by atoms with E-state index in [1.165, 1.54) is 23.5 Å². The maximum atomic E-state index is 13.6. The fraction of sp³-hybridized carbons (Fsp3) is 0.348. The van der Waals surface area contributed by atoms with Crippen LogP contribution >= 0.6 is 11.3 Å². The van der Waals surface area contributed by atoms with E-state index in [9.17, 15) is 14.0 Å². The van der Waals surface area contributed by atoms with Gasteiger partial charge in [-0.1, -0.05) is 29.5 Å². The Balaban J connectivity index is 1.58. The van der Waals surface area contributed by atoms with Crippen molar-refractivity contribution in [2.24, 2.45) is 5.92 Å². The summed E-state index contributed by atoms with van der Waals surface area (Å²) in [6.45, 7) is 1.67. The van der Waals surface area contributed by atoms with Crippen molar-refractivity contribution in [3.63, 3.8) is 0 Å². The maximum absolute atomic E-state index is 13.6. The molecule has 2 heterocycles. The Labute approximate surface area is 184 Å². The molecule has 4 rings (SSSR count). The molecule has 0 radical (unpaired) electrons. The van der Waals surface area contributed by atoms with Gasteiger partial charge in [0, 0.05) is 25.2 Å². The first-order chi connectivity index (χ1) is 14.9. The van der Waals surface area contributed by atoms with Gasteiger partial charge in [0.15, 0.2) is 5.13 Å². The quantitative estimate of drug-likeness (QED) is 0.561. The van der Waals surface area contributed by atoms with Crippen LogP contribution in [0.4, 0.5) is 15.2 Å². The molecule has 1 unspecified atom stereocenters. The van der Waals surface area contributed by atoms with Crippen molar-refractivity contribution >= 4 is 44.2 Å². The molecular weight excluding hydrogens is 415 g/mol. The predicted octanol–water partition coefficient (Wildman–Crippen LogP) is 3.77. The molecule has 0 aliphatic carbocycles. The van der Waals surface area contributed by atoms with Crippen LogP contribution in [0.15, 0.2) is 48.5 Å². The van der Waals surface area contributed by atoms with E-state index in [0.717, 1.165) is 18.7 Å². The molecule has 1 saturated heterocycles. The van der Waals surface area contributed by atoms with Crippen molar-refractivity contribution in [3.05, 3.63) is 54.3 Å². The average Bonchev–Trinajstić information content (AvgIpc) is 3.34. The van der Waals surface area contributed by atoms with E-state index in [0.29, 0.717) is 28.4 Å². The van der Waals surface area contributed by atoms with E-state index in [1.54, 1.807) is 15.9 Å². The van der Waals surface area contributed by atoms with Gasteiger partial charge in [-0.3, -0.25) is 14.5 Å². The lowest BCUT2D eigenvalue weighted by Crippen LogP contribution is -2.39. The first kappa shape index (κ1) is 21.4. The van der Waals surface area contributed by atoms with Crippen molar-refractivity contribution in [1.82, 2.24) is 9.88 Å². The highest BCUT2D eigenvalue weighted by Gasteiger charge is 2.38. The van der Waals surface area contributed by atoms with Gasteiger partial charge in [-0.05, 0) is 57.4 Å². The highest BCUT2D eigenvalue weighted by molar-refractivity contribution is 7.22. The number of fused-ring (bicyclic) bond motifs is 1. The second-order valence-electron chi connectivity index (χ2n) is 8.00. The molecule has 6 nitrogen and oxygen atoms in total. The maximum Gasteiger partial charge on any atom is 0.234 e. The van der Waals surface area contributed by atoms with E-state index in [4.69, 9.17) is 0 Å². The standard InChI is InChI=1S/C23H25FN4O2S/c1-26(2)11-6-12-27(23-25-19-10-9-17(24)14-20(19)31-23)22(30)16-13-21(29)28(15-16)18-7-4-3-5-8-18/h3-5,7-10,14,16H,6,11-13,15H2,1-2H3. The SMILES string of the molecule is CN(C)CCCN(C(=O)C1CC(=O)N(c2ccccc2)C1)c1nc2ccc(F)cc2s1. The molecule has 1 atom stereocenters. The Morgan fingerprint density at radius 2 is 1.97 bits per heavy atom. The first-order valence-corrected chi connectivity index (χ1v) is 11.1. The number of carbonyl (C=O) groups is 2. The van der Waals surface area contributed by atoms with Gasteiger partial charge in [-0.25, -0.2) is 9.37 Å². The fourth-order valence-electron chi connectivity index (χ4n) is 3.80. The van der Waals surface area contributed by atoms with E-state index in [1.807, 2.05) is 44.4 Å². The Kier molecular flexibility index (Phi) is 6.29. The van der Waals surface area contributed by atoms with Gasteiger partial charge in [0.2, 0.25) is 11.8 Å². The van der Waals surface area contributed by atoms with Gasteiger partial charge >= 0.3 is 0 Å². The molecule has 8 heteroatoms. The molecule has 0 N–H and O–H groups in total. The van der Waals surface area contributed by atoms with Crippen LogP contribution in [0.25, 0.3) is 10.2 Å². The highest BCUT2D eigenvalue weighted by Crippen LogP contribution is 2.32. The van der Waals surface area contributed by atoms with Crippen LogP contribution in [0.3, 0.4) is 0 Å². The zero-order valence-electron chi connectivity index (χ0n) is 17.6. The van der Waals surface area contributed by atoms with Crippen molar-refractivity contribution in [1.29, 1.82) is 0 Å². The van der Waals surface area contributed by atoms with E-state index >= 15 is 0 Å². The number of para-hydroxylation sites is 1. The van der Waals surface area contributed by atoms with Gasteiger partial charge in [0.25, 0.3) is 0 Å². The molecule has 1 aliphatic rings. The minimum atomic E-state index is -0.434. The van der Waals surface area contributed by atoms with Gasteiger partial charge < -0.3 is 9.80 Å². The zero-order valence-corrected chi connectivity index (χ0v) is 18.4. The van der Waals surface area contributed by atoms with E-state index < -0.39 is 5.92 Å². The molecular formula is C23H25FN4O2S. The number of thiazole rings is 1. The third-order valence-electron chi connectivity index (χ3n) is 5.37. The van der Waals surface area contributed by atoms with Crippen LogP contribution in [0.2, 0.25) is 0 Å². The number of carbonyl (C=O) groups excluding carboxylic acids is 2. The number of aromatic nitrogens is 1. The summed E-state index contributed by atoms with van der Waals surface area (Å²) >= 11 is 1.31. The summed E-state index contributed by atoms with van der Waals surface area (Å²) in [5.41, 5.74) is 1.47. The normalized spacial score (nSPS) is 16.5. The summed E-state index contributed by atoms with van der Waals surface area (Å²) in [5.74, 6) is -0.918. The molecule has 3 aromatic rings. The average molecular weight is 441 g/mol. The number of rotatable bonds is 7. The van der Waals surface area contributed by atoms with Crippen molar-refractivity contribution < 1.29 is 14.0 Å². The van der Waals surface area contributed by atoms with Crippen molar-refractivity contribution in [2.75, 3.05) is 43.5 Å². The number of amides is 2. The number of nitrogens with zero attached hydrogens (tertiary/aromatic N) is 4. The van der Waals surface area contributed by atoms with Gasteiger partial charge in [-0.15, -0.1) is 0 Å². The highest BCUT2D eigenvalue weighted by atomic mass is 32.1. The Morgan fingerprint density at radius 1 is 1.19 bits per heavy atom. The predicted molar refractivity (Wildman–Crippen MR) is 122 cm³/mol. The van der Waals surface area contributed by atoms with Crippen LogP contribution in [0.1, 0.15) is 12.8 Å². The lowest BCUT2D eigenvalue weighted by molar-refractivity contribution is -0.124. The molecule has 0 saturated carbocycles. The molecule has 2 amide bonds. The lowest BCUT2D eigenvalue weighted by Gasteiger charge is -2.24.